The molecule has 3 N–H and O–H groups in total. The van der Waals surface area contributed by atoms with E-state index in [0.29, 0.717) is 12.8 Å². The molecule has 5 heteroatoms. The number of hydrazine groups is 1. The van der Waals surface area contributed by atoms with E-state index >= 15 is 0 Å². The van der Waals surface area contributed by atoms with Crippen LogP contribution >= 0.6 is 11.3 Å². The van der Waals surface area contributed by atoms with Crippen molar-refractivity contribution in [2.45, 2.75) is 44.6 Å². The lowest BCUT2D eigenvalue weighted by molar-refractivity contribution is -0.0496. The van der Waals surface area contributed by atoms with Crippen molar-refractivity contribution in [3.05, 3.63) is 21.9 Å². The van der Waals surface area contributed by atoms with Crippen molar-refractivity contribution in [1.29, 1.82) is 0 Å². The minimum Gasteiger partial charge on any atom is -0.271 e. The van der Waals surface area contributed by atoms with Crippen LogP contribution in [0, 0.1) is 12.8 Å². The number of nitrogens with one attached hydrogen (secondary N) is 1. The van der Waals surface area contributed by atoms with Crippen molar-refractivity contribution < 1.29 is 8.78 Å². The van der Waals surface area contributed by atoms with E-state index in [1.54, 1.807) is 11.3 Å². The minimum absolute atomic E-state index is 0.0136. The number of thiophene rings is 1. The maximum atomic E-state index is 13.1. The highest BCUT2D eigenvalue weighted by molar-refractivity contribution is 7.10. The normalized spacial score (nSPS) is 22.6. The van der Waals surface area contributed by atoms with E-state index in [1.807, 2.05) is 18.4 Å². The molecule has 1 aromatic heterocycles. The summed E-state index contributed by atoms with van der Waals surface area (Å²) >= 11 is 1.65. The lowest BCUT2D eigenvalue weighted by Crippen LogP contribution is -2.37. The van der Waals surface area contributed by atoms with Crippen LogP contribution in [-0.4, -0.2) is 5.92 Å². The average Bonchev–Trinajstić information content (AvgIpc) is 2.69. The summed E-state index contributed by atoms with van der Waals surface area (Å²) in [5.41, 5.74) is 4.00. The molecule has 96 valence electrons. The van der Waals surface area contributed by atoms with E-state index in [9.17, 15) is 8.78 Å². The summed E-state index contributed by atoms with van der Waals surface area (Å²) < 4.78 is 26.2. The van der Waals surface area contributed by atoms with E-state index < -0.39 is 5.92 Å². The molecule has 0 saturated heterocycles. The fourth-order valence-corrected chi connectivity index (χ4v) is 3.60. The van der Waals surface area contributed by atoms with Gasteiger partial charge in [0.05, 0.1) is 6.04 Å². The lowest BCUT2D eigenvalue weighted by Gasteiger charge is -2.33. The Balaban J connectivity index is 2.08. The smallest absolute Gasteiger partial charge is 0.248 e. The Bertz CT molecular complexity index is 368. The first-order chi connectivity index (χ1) is 8.03. The highest BCUT2D eigenvalue weighted by atomic mass is 32.1. The Labute approximate surface area is 104 Å². The highest BCUT2D eigenvalue weighted by Gasteiger charge is 2.38. The van der Waals surface area contributed by atoms with Crippen molar-refractivity contribution >= 4 is 11.3 Å². The average molecular weight is 260 g/mol. The predicted octanol–water partition coefficient (Wildman–Crippen LogP) is 3.39. The van der Waals surface area contributed by atoms with E-state index in [-0.39, 0.29) is 24.8 Å². The van der Waals surface area contributed by atoms with Crippen LogP contribution in [-0.2, 0) is 0 Å². The monoisotopic (exact) mass is 260 g/mol. The number of halogens is 2. The molecule has 1 aliphatic rings. The molecule has 0 aliphatic heterocycles. The second kappa shape index (κ2) is 5.00. The van der Waals surface area contributed by atoms with Gasteiger partial charge in [-0.1, -0.05) is 0 Å². The molecule has 17 heavy (non-hydrogen) atoms. The first-order valence-corrected chi connectivity index (χ1v) is 6.79. The molecule has 0 bridgehead atoms. The van der Waals surface area contributed by atoms with Crippen molar-refractivity contribution in [3.8, 4) is 0 Å². The summed E-state index contributed by atoms with van der Waals surface area (Å²) in [6, 6.07) is 2.06. The Hall–Kier alpha value is -0.520. The van der Waals surface area contributed by atoms with Gasteiger partial charge < -0.3 is 0 Å². The van der Waals surface area contributed by atoms with Gasteiger partial charge in [0, 0.05) is 17.7 Å². The third kappa shape index (κ3) is 2.84. The van der Waals surface area contributed by atoms with Crippen LogP contribution in [0.1, 0.15) is 42.2 Å². The summed E-state index contributed by atoms with van der Waals surface area (Å²) in [5, 5.41) is 2.02. The van der Waals surface area contributed by atoms with Gasteiger partial charge in [0.25, 0.3) is 0 Å². The molecule has 0 aromatic carbocycles. The zero-order chi connectivity index (χ0) is 12.5. The number of aryl methyl sites for hydroxylation is 1. The fraction of sp³-hybridized carbons (Fsp3) is 0.667. The van der Waals surface area contributed by atoms with Crippen molar-refractivity contribution in [2.24, 2.45) is 11.8 Å². The fourth-order valence-electron chi connectivity index (χ4n) is 2.52. The lowest BCUT2D eigenvalue weighted by atomic mass is 9.81. The maximum Gasteiger partial charge on any atom is 0.248 e. The van der Waals surface area contributed by atoms with Crippen LogP contribution in [0.3, 0.4) is 0 Å². The van der Waals surface area contributed by atoms with Crippen LogP contribution in [0.25, 0.3) is 0 Å². The summed E-state index contributed by atoms with van der Waals surface area (Å²) in [7, 11) is 0. The minimum atomic E-state index is -2.47. The van der Waals surface area contributed by atoms with Gasteiger partial charge in [-0.2, -0.15) is 0 Å². The summed E-state index contributed by atoms with van der Waals surface area (Å²) in [6.07, 6.45) is 1.05. The second-order valence-corrected chi connectivity index (χ2v) is 5.75. The Kier molecular flexibility index (Phi) is 3.80. The van der Waals surface area contributed by atoms with Crippen molar-refractivity contribution in [3.63, 3.8) is 0 Å². The number of rotatable bonds is 3. The van der Waals surface area contributed by atoms with E-state index in [0.717, 1.165) is 0 Å². The van der Waals surface area contributed by atoms with Crippen LogP contribution in [0.2, 0.25) is 0 Å². The van der Waals surface area contributed by atoms with E-state index in [4.69, 9.17) is 5.84 Å². The maximum absolute atomic E-state index is 13.1. The standard InChI is InChI=1S/C12H18F2N2S/c1-8-4-7-17-11(8)10(16-15)9-2-5-12(13,14)6-3-9/h4,7,9-10,16H,2-3,5-6,15H2,1H3. The molecule has 2 nitrogen and oxygen atoms in total. The van der Waals surface area contributed by atoms with Gasteiger partial charge >= 0.3 is 0 Å². The van der Waals surface area contributed by atoms with Gasteiger partial charge in [0.2, 0.25) is 5.92 Å². The molecule has 0 spiro atoms. The molecular formula is C12H18F2N2S. The topological polar surface area (TPSA) is 38.0 Å². The van der Waals surface area contributed by atoms with Crippen LogP contribution in [0.4, 0.5) is 8.78 Å². The highest BCUT2D eigenvalue weighted by Crippen LogP contribution is 2.42. The molecule has 2 rings (SSSR count). The summed E-state index contributed by atoms with van der Waals surface area (Å²) in [6.45, 7) is 2.04. The van der Waals surface area contributed by atoms with E-state index in [2.05, 4.69) is 5.43 Å². The Morgan fingerprint density at radius 3 is 2.59 bits per heavy atom. The van der Waals surface area contributed by atoms with Crippen molar-refractivity contribution in [2.75, 3.05) is 0 Å². The van der Waals surface area contributed by atoms with Crippen LogP contribution in [0.5, 0.6) is 0 Å². The predicted molar refractivity (Wildman–Crippen MR) is 66.0 cm³/mol. The van der Waals surface area contributed by atoms with Gasteiger partial charge in [-0.3, -0.25) is 11.3 Å². The van der Waals surface area contributed by atoms with Gasteiger partial charge in [-0.15, -0.1) is 11.3 Å². The summed E-state index contributed by atoms with van der Waals surface area (Å²) in [4.78, 5) is 1.18. The second-order valence-electron chi connectivity index (χ2n) is 4.81. The number of nitrogens with two attached hydrogens (primary N) is 1. The van der Waals surface area contributed by atoms with Gasteiger partial charge in [0.1, 0.15) is 0 Å². The first kappa shape index (κ1) is 12.9. The van der Waals surface area contributed by atoms with E-state index in [1.165, 1.54) is 10.4 Å². The molecule has 1 atom stereocenters. The molecule has 1 fully saturated rings. The quantitative estimate of drug-likeness (QED) is 0.646. The third-order valence-corrected chi connectivity index (χ3v) is 4.70. The molecule has 0 radical (unpaired) electrons. The van der Waals surface area contributed by atoms with Gasteiger partial charge in [-0.25, -0.2) is 8.78 Å². The first-order valence-electron chi connectivity index (χ1n) is 5.91. The molecule has 1 saturated carbocycles. The zero-order valence-corrected chi connectivity index (χ0v) is 10.7. The molecule has 1 unspecified atom stereocenters. The molecule has 1 aromatic rings. The van der Waals surface area contributed by atoms with Gasteiger partial charge in [0.15, 0.2) is 0 Å². The van der Waals surface area contributed by atoms with Crippen LogP contribution < -0.4 is 11.3 Å². The van der Waals surface area contributed by atoms with Gasteiger partial charge in [-0.05, 0) is 42.7 Å². The Morgan fingerprint density at radius 2 is 2.12 bits per heavy atom. The SMILES string of the molecule is Cc1ccsc1C(NN)C1CCC(F)(F)CC1. The number of hydrogen-bond acceptors (Lipinski definition) is 3. The molecule has 0 amide bonds. The third-order valence-electron chi connectivity index (χ3n) is 3.60. The van der Waals surface area contributed by atoms with Crippen LogP contribution in [0.15, 0.2) is 11.4 Å². The Morgan fingerprint density at radius 1 is 1.47 bits per heavy atom. The number of hydrogen-bond donors (Lipinski definition) is 2. The molecule has 1 heterocycles. The molecule has 1 aliphatic carbocycles. The zero-order valence-electron chi connectivity index (χ0n) is 9.88. The van der Waals surface area contributed by atoms with Crippen molar-refractivity contribution in [1.82, 2.24) is 5.43 Å². The summed E-state index contributed by atoms with van der Waals surface area (Å²) in [5.74, 6) is 3.35. The largest absolute Gasteiger partial charge is 0.271 e. The molecular weight excluding hydrogens is 242 g/mol. The number of alkyl halides is 2.